The van der Waals surface area contributed by atoms with Crippen molar-refractivity contribution >= 4 is 5.78 Å². The topological polar surface area (TPSA) is 35.5 Å². The minimum atomic E-state index is -0.922. The number of carbonyl (C=O) groups excluding carboxylic acids is 1. The van der Waals surface area contributed by atoms with Crippen LogP contribution in [-0.2, 0) is 14.3 Å². The van der Waals surface area contributed by atoms with Crippen molar-refractivity contribution in [3.8, 4) is 0 Å². The predicted octanol–water partition coefficient (Wildman–Crippen LogP) is 3.51. The third-order valence-corrected chi connectivity index (χ3v) is 5.71. The van der Waals surface area contributed by atoms with Gasteiger partial charge in [-0.2, -0.15) is 0 Å². The van der Waals surface area contributed by atoms with Gasteiger partial charge in [0.1, 0.15) is 12.4 Å². The molecule has 4 aliphatic rings. The highest BCUT2D eigenvalue weighted by Crippen LogP contribution is 2.60. The summed E-state index contributed by atoms with van der Waals surface area (Å²) in [5.41, 5.74) is 2.20. The van der Waals surface area contributed by atoms with Gasteiger partial charge in [-0.25, -0.2) is 4.39 Å². The summed E-state index contributed by atoms with van der Waals surface area (Å²) in [6.07, 6.45) is 0.497. The van der Waals surface area contributed by atoms with Gasteiger partial charge >= 0.3 is 0 Å². The average Bonchev–Trinajstić information content (AvgIpc) is 2.96. The van der Waals surface area contributed by atoms with E-state index in [2.05, 4.69) is 12.1 Å². The molecule has 2 aromatic carbocycles. The zero-order chi connectivity index (χ0) is 16.3. The van der Waals surface area contributed by atoms with Gasteiger partial charge in [0.25, 0.3) is 0 Å². The van der Waals surface area contributed by atoms with Crippen LogP contribution in [0.5, 0.6) is 0 Å². The molecular formula is C20H17FO3. The van der Waals surface area contributed by atoms with Crippen LogP contribution in [0, 0.1) is 5.82 Å². The monoisotopic (exact) mass is 324 g/mol. The van der Waals surface area contributed by atoms with Crippen LogP contribution in [-0.4, -0.2) is 24.6 Å². The number of ketones is 1. The molecule has 3 heterocycles. The summed E-state index contributed by atoms with van der Waals surface area (Å²) in [6, 6.07) is 15.1. The van der Waals surface area contributed by atoms with E-state index >= 15 is 0 Å². The zero-order valence-electron chi connectivity index (χ0n) is 13.1. The quantitative estimate of drug-likeness (QED) is 0.805. The van der Waals surface area contributed by atoms with Gasteiger partial charge in [0.2, 0.25) is 0 Å². The maximum Gasteiger partial charge on any atom is 0.193 e. The molecule has 1 aliphatic carbocycles. The van der Waals surface area contributed by atoms with E-state index in [-0.39, 0.29) is 42.8 Å². The Balaban J connectivity index is 1.71. The number of carbonyl (C=O) groups is 1. The smallest absolute Gasteiger partial charge is 0.193 e. The largest absolute Gasteiger partial charge is 0.370 e. The Morgan fingerprint density at radius 1 is 1.08 bits per heavy atom. The molecule has 1 spiro atoms. The molecule has 0 amide bonds. The van der Waals surface area contributed by atoms with Crippen molar-refractivity contribution in [2.75, 3.05) is 13.2 Å². The fraction of sp³-hybridized carbons (Fsp3) is 0.350. The maximum absolute atomic E-state index is 13.7. The molecule has 3 aliphatic heterocycles. The van der Waals surface area contributed by atoms with Crippen molar-refractivity contribution in [2.45, 2.75) is 30.0 Å². The molecule has 4 atom stereocenters. The van der Waals surface area contributed by atoms with E-state index in [0.29, 0.717) is 0 Å². The van der Waals surface area contributed by atoms with Crippen LogP contribution in [0.15, 0.2) is 48.5 Å². The minimum absolute atomic E-state index is 0.00751. The number of Topliss-reactive ketones (excluding diaryl/α,β-unsaturated/α-hetero) is 1. The first-order valence-corrected chi connectivity index (χ1v) is 8.32. The molecular weight excluding hydrogens is 307 g/mol. The SMILES string of the molecule is O=C1COCC12OC1CC(c3ccccc3)[C@@H]2c2ccc(F)cc21. The second-order valence-electron chi connectivity index (χ2n) is 6.92. The molecule has 2 saturated heterocycles. The van der Waals surface area contributed by atoms with Gasteiger partial charge in [0.15, 0.2) is 11.4 Å². The Morgan fingerprint density at radius 3 is 2.67 bits per heavy atom. The molecule has 0 radical (unpaired) electrons. The minimum Gasteiger partial charge on any atom is -0.370 e. The Morgan fingerprint density at radius 2 is 1.92 bits per heavy atom. The Hall–Kier alpha value is -2.04. The van der Waals surface area contributed by atoms with E-state index in [9.17, 15) is 9.18 Å². The lowest BCUT2D eigenvalue weighted by molar-refractivity contribution is -0.176. The van der Waals surface area contributed by atoms with Crippen LogP contribution in [0.2, 0.25) is 0 Å². The maximum atomic E-state index is 13.7. The van der Waals surface area contributed by atoms with Gasteiger partial charge in [0, 0.05) is 5.92 Å². The lowest BCUT2D eigenvalue weighted by Gasteiger charge is -2.53. The Kier molecular flexibility index (Phi) is 2.97. The second kappa shape index (κ2) is 4.98. The number of fused-ring (bicyclic) bond motifs is 1. The highest BCUT2D eigenvalue weighted by molar-refractivity contribution is 5.92. The number of rotatable bonds is 1. The lowest BCUT2D eigenvalue weighted by Crippen LogP contribution is -2.56. The molecule has 3 nitrogen and oxygen atoms in total. The van der Waals surface area contributed by atoms with E-state index < -0.39 is 5.60 Å². The van der Waals surface area contributed by atoms with Gasteiger partial charge in [-0.3, -0.25) is 4.79 Å². The molecule has 2 bridgehead atoms. The third kappa shape index (κ3) is 1.81. The molecule has 0 saturated carbocycles. The fourth-order valence-electron chi connectivity index (χ4n) is 4.72. The van der Waals surface area contributed by atoms with Crippen molar-refractivity contribution in [2.24, 2.45) is 0 Å². The van der Waals surface area contributed by atoms with Gasteiger partial charge in [0.05, 0.1) is 12.7 Å². The molecule has 6 rings (SSSR count). The van der Waals surface area contributed by atoms with Crippen molar-refractivity contribution in [3.63, 3.8) is 0 Å². The highest BCUT2D eigenvalue weighted by atomic mass is 19.1. The van der Waals surface area contributed by atoms with Crippen LogP contribution in [0.4, 0.5) is 4.39 Å². The second-order valence-corrected chi connectivity index (χ2v) is 6.92. The van der Waals surface area contributed by atoms with Crippen LogP contribution in [0.25, 0.3) is 0 Å². The van der Waals surface area contributed by atoms with Crippen LogP contribution < -0.4 is 0 Å². The standard InChI is InChI=1S/C20H17FO3/c21-13-6-7-14-16(8-13)17-9-15(12-4-2-1-3-5-12)19(14)20(24-17)11-23-10-18(20)22/h1-8,15,17,19H,9-11H2/t15?,17?,19-,20?/m0/s1. The molecule has 4 heteroatoms. The van der Waals surface area contributed by atoms with Crippen LogP contribution in [0.1, 0.15) is 41.1 Å². The average molecular weight is 324 g/mol. The molecule has 0 aromatic heterocycles. The van der Waals surface area contributed by atoms with E-state index in [1.54, 1.807) is 6.07 Å². The summed E-state index contributed by atoms with van der Waals surface area (Å²) < 4.78 is 25.5. The van der Waals surface area contributed by atoms with Crippen molar-refractivity contribution < 1.29 is 18.7 Å². The zero-order valence-corrected chi connectivity index (χ0v) is 13.1. The predicted molar refractivity (Wildman–Crippen MR) is 85.3 cm³/mol. The first-order valence-electron chi connectivity index (χ1n) is 8.32. The van der Waals surface area contributed by atoms with E-state index in [1.165, 1.54) is 11.6 Å². The van der Waals surface area contributed by atoms with Crippen LogP contribution in [0.3, 0.4) is 0 Å². The van der Waals surface area contributed by atoms with Crippen molar-refractivity contribution in [1.82, 2.24) is 0 Å². The van der Waals surface area contributed by atoms with E-state index in [1.807, 2.05) is 24.3 Å². The van der Waals surface area contributed by atoms with Crippen LogP contribution >= 0.6 is 0 Å². The van der Waals surface area contributed by atoms with Crippen molar-refractivity contribution in [1.29, 1.82) is 0 Å². The number of ether oxygens (including phenoxy) is 2. The Labute approximate surface area is 139 Å². The normalized spacial score (nSPS) is 33.9. The van der Waals surface area contributed by atoms with Gasteiger partial charge in [-0.05, 0) is 41.2 Å². The van der Waals surface area contributed by atoms with Gasteiger partial charge < -0.3 is 9.47 Å². The van der Waals surface area contributed by atoms with Crippen molar-refractivity contribution in [3.05, 3.63) is 71.0 Å². The molecule has 3 unspecified atom stereocenters. The molecule has 2 aromatic rings. The number of hydrogen-bond acceptors (Lipinski definition) is 3. The first-order chi connectivity index (χ1) is 11.7. The first kappa shape index (κ1) is 14.3. The van der Waals surface area contributed by atoms with E-state index in [4.69, 9.17) is 9.47 Å². The molecule has 2 fully saturated rings. The lowest BCUT2D eigenvalue weighted by atomic mass is 9.61. The molecule has 122 valence electrons. The highest BCUT2D eigenvalue weighted by Gasteiger charge is 2.61. The molecule has 24 heavy (non-hydrogen) atoms. The summed E-state index contributed by atoms with van der Waals surface area (Å²) in [4.78, 5) is 12.7. The summed E-state index contributed by atoms with van der Waals surface area (Å²) in [7, 11) is 0. The summed E-state index contributed by atoms with van der Waals surface area (Å²) >= 11 is 0. The summed E-state index contributed by atoms with van der Waals surface area (Å²) in [6.45, 7) is 0.383. The van der Waals surface area contributed by atoms with Gasteiger partial charge in [-0.1, -0.05) is 36.4 Å². The number of hydrogen-bond donors (Lipinski definition) is 0. The van der Waals surface area contributed by atoms with Gasteiger partial charge in [-0.15, -0.1) is 0 Å². The summed E-state index contributed by atoms with van der Waals surface area (Å²) in [5.74, 6) is -0.207. The fourth-order valence-corrected chi connectivity index (χ4v) is 4.72. The van der Waals surface area contributed by atoms with E-state index in [0.717, 1.165) is 17.5 Å². The Bertz CT molecular complexity index is 819. The molecule has 0 N–H and O–H groups in total. The number of benzene rings is 2. The number of halogens is 1. The summed E-state index contributed by atoms with van der Waals surface area (Å²) in [5, 5.41) is 0. The third-order valence-electron chi connectivity index (χ3n) is 5.71.